The van der Waals surface area contributed by atoms with Crippen LogP contribution in [0.4, 0.5) is 17.1 Å². The molecule has 0 bridgehead atoms. The monoisotopic (exact) mass is 1640 g/mol. The molecule has 82 heavy (non-hydrogen) atoms. The summed E-state index contributed by atoms with van der Waals surface area (Å²) in [6, 6.07) is 41.3. The molecule has 18 heteroatoms. The minimum absolute atomic E-state index is 0.00619. The van der Waals surface area contributed by atoms with Crippen LogP contribution in [-0.2, 0) is 4.79 Å². The van der Waals surface area contributed by atoms with E-state index in [-0.39, 0.29) is 55.0 Å². The van der Waals surface area contributed by atoms with Crippen LogP contribution in [0.2, 0.25) is 32.2 Å². The predicted octanol–water partition coefficient (Wildman–Crippen LogP) is 11.1. The van der Waals surface area contributed by atoms with Gasteiger partial charge in [0.1, 0.15) is 0 Å². The molecule has 0 saturated heterocycles. The van der Waals surface area contributed by atoms with E-state index in [0.717, 1.165) is 90.2 Å². The van der Waals surface area contributed by atoms with E-state index in [0.29, 0.717) is 11.5 Å². The molecule has 412 valence electrons. The standard InChI is InChI=1S/C24H18BrNO2SeSi.C21H19Br2NOSeSi.C19H15Br2NOSeSi/c1-14-17(25)13-21(29-14)23-20(28)11-10-19-24(23)30(2,16-6-4-3-5-7-16)22-12-15(27)8-9-18(22)26-19;1-4-9-27(3)18-10-13(25)6-8-15(18)24-16-7-5-12(2)19(20(16)27)17-11-14(22)21(23)26-17;1-10-4-6-14-18(17(10)15-9-12(20)19(21)24-15)25(2,3)16-8-11(23)5-7-13(16)22-14/h3-13,28H,1-2H3;5-8,10-11,25H,2,4,9H2,1,3H3;4-9,23H,1H2,2-3H3. The molecule has 0 fully saturated rings. The van der Waals surface area contributed by atoms with Crippen molar-refractivity contribution < 1.29 is 20.1 Å². The van der Waals surface area contributed by atoms with Crippen LogP contribution in [0.1, 0.15) is 17.8 Å². The van der Waals surface area contributed by atoms with Gasteiger partial charge in [-0.15, -0.1) is 0 Å². The zero-order valence-electron chi connectivity index (χ0n) is 45.3. The molecule has 2 unspecified atom stereocenters. The van der Waals surface area contributed by atoms with Gasteiger partial charge in [0.15, 0.2) is 0 Å². The van der Waals surface area contributed by atoms with Gasteiger partial charge < -0.3 is 0 Å². The van der Waals surface area contributed by atoms with Crippen LogP contribution in [0, 0.1) is 6.92 Å². The van der Waals surface area contributed by atoms with E-state index in [9.17, 15) is 20.1 Å². The number of aliphatic imine (C=N–C) groups is 1. The number of carbonyl (C=O) groups excluding carboxylic acids is 1. The number of aryl methyl sites for hydroxylation is 1. The van der Waals surface area contributed by atoms with Crippen molar-refractivity contribution in [1.82, 2.24) is 0 Å². The van der Waals surface area contributed by atoms with Gasteiger partial charge in [0.25, 0.3) is 0 Å². The van der Waals surface area contributed by atoms with Crippen molar-refractivity contribution in [3.63, 3.8) is 0 Å². The number of fused-ring (bicyclic) bond motifs is 6. The van der Waals surface area contributed by atoms with Crippen molar-refractivity contribution in [2.24, 2.45) is 15.0 Å². The normalized spacial score (nSPS) is 17.6. The maximum absolute atomic E-state index is 12.4. The Balaban J connectivity index is 0.000000130. The first-order valence-electron chi connectivity index (χ1n) is 26.2. The predicted molar refractivity (Wildman–Crippen MR) is 369 cm³/mol. The first-order valence-corrected chi connectivity index (χ1v) is 43.6. The fraction of sp³-hybridized carbons (Fsp3) is 0.125. The fourth-order valence-corrected chi connectivity index (χ4v) is 35.3. The van der Waals surface area contributed by atoms with Gasteiger partial charge in [0.2, 0.25) is 0 Å². The Morgan fingerprint density at radius 3 is 1.66 bits per heavy atom. The zero-order valence-corrected chi connectivity index (χ0v) is 61.4. The van der Waals surface area contributed by atoms with Gasteiger partial charge in [-0.3, -0.25) is 0 Å². The van der Waals surface area contributed by atoms with Crippen molar-refractivity contribution in [1.29, 1.82) is 0 Å². The molecule has 0 radical (unpaired) electrons. The molecule has 3 N–H and O–H groups in total. The number of phenolic OH excluding ortho intramolecular Hbond substituents is 3. The first kappa shape index (κ1) is 59.7. The molecule has 6 heterocycles. The second kappa shape index (κ2) is 23.3. The van der Waals surface area contributed by atoms with Crippen LogP contribution < -0.4 is 52.3 Å². The van der Waals surface area contributed by atoms with Gasteiger partial charge in [-0.1, -0.05) is 0 Å². The van der Waals surface area contributed by atoms with Crippen molar-refractivity contribution >= 4 is 220 Å². The number of phenols is 3. The average Bonchev–Trinajstić information content (AvgIpc) is 1.06. The van der Waals surface area contributed by atoms with E-state index in [1.54, 1.807) is 30.4 Å². The van der Waals surface area contributed by atoms with E-state index < -0.39 is 24.2 Å². The maximum atomic E-state index is 12.4. The van der Waals surface area contributed by atoms with Gasteiger partial charge in [0.05, 0.1) is 0 Å². The topological polar surface area (TPSA) is 115 Å². The summed E-state index contributed by atoms with van der Waals surface area (Å²) in [5.41, 5.74) is 7.17. The Labute approximate surface area is 539 Å². The van der Waals surface area contributed by atoms with Gasteiger partial charge in [0, 0.05) is 0 Å². The van der Waals surface area contributed by atoms with E-state index in [4.69, 9.17) is 15.0 Å². The average molecular weight is 1650 g/mol. The van der Waals surface area contributed by atoms with Crippen LogP contribution in [0.15, 0.2) is 180 Å². The third-order valence-electron chi connectivity index (χ3n) is 15.8. The van der Waals surface area contributed by atoms with Crippen molar-refractivity contribution in [3.05, 3.63) is 190 Å². The molecule has 4 aliphatic rings. The van der Waals surface area contributed by atoms with Crippen LogP contribution in [0.5, 0.6) is 17.2 Å². The molecule has 0 amide bonds. The molecule has 9 aromatic rings. The minimum atomic E-state index is -2.59. The number of ketones is 1. The Bertz CT molecular complexity index is 4460. The summed E-state index contributed by atoms with van der Waals surface area (Å²) >= 11 is 18.9. The molecular weight excluding hydrogens is 1600 g/mol. The molecule has 3 aromatic heterocycles. The summed E-state index contributed by atoms with van der Waals surface area (Å²) in [4.78, 5) is 27.2. The van der Waals surface area contributed by atoms with Gasteiger partial charge in [-0.25, -0.2) is 0 Å². The second-order valence-corrected chi connectivity index (χ2v) is 47.4. The number of halogens is 5. The van der Waals surface area contributed by atoms with Crippen molar-refractivity contribution in [2.45, 2.75) is 52.5 Å². The van der Waals surface area contributed by atoms with Gasteiger partial charge >= 0.3 is 546 Å². The molecule has 6 aromatic carbocycles. The fourth-order valence-electron chi connectivity index (χ4n) is 12.0. The number of nitrogens with zero attached hydrogens (tertiary/aromatic N) is 3. The third kappa shape index (κ3) is 10.7. The summed E-state index contributed by atoms with van der Waals surface area (Å²) in [5, 5.41) is 43.9. The zero-order chi connectivity index (χ0) is 58.3. The second-order valence-electron chi connectivity index (χ2n) is 21.4. The van der Waals surface area contributed by atoms with E-state index in [1.807, 2.05) is 54.6 Å². The number of benzene rings is 6. The summed E-state index contributed by atoms with van der Waals surface area (Å²) in [6.45, 7) is 22.4. The van der Waals surface area contributed by atoms with Crippen LogP contribution >= 0.6 is 79.6 Å². The summed E-state index contributed by atoms with van der Waals surface area (Å²) in [7, 11) is -6.69. The van der Waals surface area contributed by atoms with Gasteiger partial charge in [-0.2, -0.15) is 0 Å². The van der Waals surface area contributed by atoms with Crippen LogP contribution in [0.25, 0.3) is 43.2 Å². The number of hydrogen-bond acceptors (Lipinski definition) is 7. The SMILES string of the molecule is C=c1ccc2c(c1-c1cc(Br)c(Br)[se]1)[Si](C)(C)c1cc(O)ccc1N=2.C=c1ccc2c(c1-c1cc(Br)c(Br)[se]1)[Si](C)(CCC)c1cc(O)ccc1N=2.Cc1[se]c(-c2c(O)ccc3c2[Si](C)(c2ccccc2)C2=CC(=O)C=CC2=N3)cc1Br. The Hall–Kier alpha value is -4.07. The summed E-state index contributed by atoms with van der Waals surface area (Å²) in [6.07, 6.45) is 6.28. The van der Waals surface area contributed by atoms with Crippen molar-refractivity contribution in [2.75, 3.05) is 0 Å². The molecule has 0 spiro atoms. The van der Waals surface area contributed by atoms with Crippen LogP contribution in [0.3, 0.4) is 0 Å². The molecule has 1 aliphatic carbocycles. The molecule has 0 saturated carbocycles. The first-order chi connectivity index (χ1) is 39.0. The summed E-state index contributed by atoms with van der Waals surface area (Å²) < 4.78 is 10.9. The number of allylic oxidation sites excluding steroid dienone is 4. The third-order valence-corrected chi connectivity index (χ3v) is 42.1. The van der Waals surface area contributed by atoms with Gasteiger partial charge in [-0.05, 0) is 0 Å². The molecular formula is C64H52Br5N3O4Se3Si3. The Kier molecular flexibility index (Phi) is 17.0. The number of carbonyl (C=O) groups is 1. The van der Waals surface area contributed by atoms with E-state index in [2.05, 4.69) is 187 Å². The number of rotatable bonds is 6. The Morgan fingerprint density at radius 2 is 1.10 bits per heavy atom. The quantitative estimate of drug-likeness (QED) is 0.114. The molecule has 3 aliphatic heterocycles. The van der Waals surface area contributed by atoms with Crippen LogP contribution in [-0.4, -0.2) is 94.5 Å². The number of aromatic hydroxyl groups is 3. The van der Waals surface area contributed by atoms with E-state index >= 15 is 0 Å². The van der Waals surface area contributed by atoms with Crippen molar-refractivity contribution in [3.8, 4) is 47.3 Å². The molecule has 2 atom stereocenters. The Morgan fingerprint density at radius 1 is 0.561 bits per heavy atom. The molecule has 7 nitrogen and oxygen atoms in total. The summed E-state index contributed by atoms with van der Waals surface area (Å²) in [5.74, 6) is 0.907. The molecule has 13 rings (SSSR count). The number of hydrogen-bond donors (Lipinski definition) is 3. The van der Waals surface area contributed by atoms with E-state index in [1.165, 1.54) is 57.1 Å².